The van der Waals surface area contributed by atoms with Gasteiger partial charge in [-0.05, 0) is 63.4 Å². The monoisotopic (exact) mass is 475 g/mol. The van der Waals surface area contributed by atoms with Crippen LogP contribution in [0.25, 0.3) is 11.4 Å². The zero-order chi connectivity index (χ0) is 24.7. The third-order valence-corrected chi connectivity index (χ3v) is 5.32. The molecule has 0 saturated heterocycles. The lowest BCUT2D eigenvalue weighted by atomic mass is 10.1. The number of alkyl halides is 3. The molecule has 3 rings (SSSR count). The first-order valence-electron chi connectivity index (χ1n) is 11.0. The van der Waals surface area contributed by atoms with Crippen LogP contribution in [0.5, 0.6) is 5.75 Å². The molecule has 0 atom stereocenters. The Kier molecular flexibility index (Phi) is 8.20. The van der Waals surface area contributed by atoms with Gasteiger partial charge in [0, 0.05) is 35.1 Å². The van der Waals surface area contributed by atoms with E-state index in [1.807, 2.05) is 36.6 Å². The molecular formula is C25H28F3N3O3. The normalized spacial score (nSPS) is 11.4. The van der Waals surface area contributed by atoms with E-state index in [9.17, 15) is 18.0 Å². The number of carboxylic acids is 1. The molecule has 1 aromatic heterocycles. The van der Waals surface area contributed by atoms with Crippen LogP contribution in [0.4, 0.5) is 18.9 Å². The van der Waals surface area contributed by atoms with Crippen LogP contribution in [0, 0.1) is 13.8 Å². The number of benzene rings is 2. The van der Waals surface area contributed by atoms with Gasteiger partial charge in [-0.15, -0.1) is 0 Å². The zero-order valence-corrected chi connectivity index (χ0v) is 19.2. The molecular weight excluding hydrogens is 447 g/mol. The van der Waals surface area contributed by atoms with Gasteiger partial charge in [0.25, 0.3) is 0 Å². The van der Waals surface area contributed by atoms with Gasteiger partial charge >= 0.3 is 12.3 Å². The van der Waals surface area contributed by atoms with Crippen molar-refractivity contribution in [1.82, 2.24) is 9.55 Å². The lowest BCUT2D eigenvalue weighted by Gasteiger charge is -2.16. The van der Waals surface area contributed by atoms with E-state index in [0.29, 0.717) is 31.0 Å². The highest BCUT2D eigenvalue weighted by Crippen LogP contribution is 2.28. The molecule has 6 nitrogen and oxygen atoms in total. The molecule has 0 aliphatic carbocycles. The van der Waals surface area contributed by atoms with Crippen molar-refractivity contribution >= 4 is 11.7 Å². The van der Waals surface area contributed by atoms with Crippen LogP contribution in [0.15, 0.2) is 48.7 Å². The number of halogens is 3. The van der Waals surface area contributed by atoms with Crippen LogP contribution in [0.1, 0.15) is 42.5 Å². The van der Waals surface area contributed by atoms with Crippen LogP contribution in [-0.4, -0.2) is 33.5 Å². The number of aromatic nitrogens is 2. The van der Waals surface area contributed by atoms with Gasteiger partial charge in [-0.3, -0.25) is 10.1 Å². The summed E-state index contributed by atoms with van der Waals surface area (Å²) in [6, 6.07) is 11.9. The van der Waals surface area contributed by atoms with Crippen molar-refractivity contribution in [3.05, 3.63) is 65.5 Å². The Morgan fingerprint density at radius 3 is 2.50 bits per heavy atom. The number of nitrogens with zero attached hydrogens (tertiary/aromatic N) is 2. The van der Waals surface area contributed by atoms with Crippen molar-refractivity contribution in [3.63, 3.8) is 0 Å². The SMILES string of the molecule is Cc1ccc(OCCCCCC(=O)O)c(Cn2c(C)cnc2-c2ccc(NC(F)(F)F)cc2)c1. The average molecular weight is 476 g/mol. The first kappa shape index (κ1) is 25.1. The summed E-state index contributed by atoms with van der Waals surface area (Å²) in [5, 5.41) is 10.2. The second-order valence-corrected chi connectivity index (χ2v) is 8.17. The van der Waals surface area contributed by atoms with Crippen LogP contribution in [-0.2, 0) is 11.3 Å². The summed E-state index contributed by atoms with van der Waals surface area (Å²) in [5.74, 6) is 0.601. The third-order valence-electron chi connectivity index (χ3n) is 5.32. The maximum Gasteiger partial charge on any atom is 0.482 e. The summed E-state index contributed by atoms with van der Waals surface area (Å²) in [7, 11) is 0. The molecule has 34 heavy (non-hydrogen) atoms. The quantitative estimate of drug-likeness (QED) is 0.256. The molecule has 0 fully saturated rings. The molecule has 3 aromatic rings. The van der Waals surface area contributed by atoms with Crippen molar-refractivity contribution in [2.24, 2.45) is 0 Å². The largest absolute Gasteiger partial charge is 0.493 e. The summed E-state index contributed by atoms with van der Waals surface area (Å²) < 4.78 is 45.7. The predicted molar refractivity (Wildman–Crippen MR) is 124 cm³/mol. The molecule has 182 valence electrons. The molecule has 0 radical (unpaired) electrons. The van der Waals surface area contributed by atoms with E-state index in [0.717, 1.165) is 35.4 Å². The second kappa shape index (κ2) is 11.1. The third kappa shape index (κ3) is 7.26. The van der Waals surface area contributed by atoms with Gasteiger partial charge in [-0.25, -0.2) is 4.98 Å². The molecule has 0 aliphatic heterocycles. The van der Waals surface area contributed by atoms with E-state index in [2.05, 4.69) is 4.98 Å². The number of ether oxygens (including phenoxy) is 1. The van der Waals surface area contributed by atoms with Crippen molar-refractivity contribution in [1.29, 1.82) is 0 Å². The van der Waals surface area contributed by atoms with Gasteiger partial charge in [-0.2, -0.15) is 13.2 Å². The van der Waals surface area contributed by atoms with Crippen molar-refractivity contribution < 1.29 is 27.8 Å². The molecule has 1 heterocycles. The Bertz CT molecular complexity index is 1110. The van der Waals surface area contributed by atoms with E-state index in [1.54, 1.807) is 18.3 Å². The standard InChI is InChI=1S/C25H28F3N3O3/c1-17-7-12-22(34-13-5-3-4-6-23(32)33)20(14-17)16-31-18(2)15-29-24(31)19-8-10-21(11-9-19)30-25(26,27)28/h7-12,14-15,30H,3-6,13,16H2,1-2H3,(H,32,33). The number of hydrogen-bond acceptors (Lipinski definition) is 4. The van der Waals surface area contributed by atoms with E-state index in [4.69, 9.17) is 9.84 Å². The van der Waals surface area contributed by atoms with Crippen LogP contribution in [0.3, 0.4) is 0 Å². The Morgan fingerprint density at radius 2 is 1.82 bits per heavy atom. The Hall–Kier alpha value is -3.49. The molecule has 0 unspecified atom stereocenters. The number of anilines is 1. The highest BCUT2D eigenvalue weighted by Gasteiger charge is 2.27. The predicted octanol–water partition coefficient (Wildman–Crippen LogP) is 6.17. The van der Waals surface area contributed by atoms with Crippen molar-refractivity contribution in [2.75, 3.05) is 11.9 Å². The van der Waals surface area contributed by atoms with Crippen LogP contribution < -0.4 is 10.1 Å². The number of hydrogen-bond donors (Lipinski definition) is 2. The van der Waals surface area contributed by atoms with Crippen molar-refractivity contribution in [2.45, 2.75) is 52.4 Å². The van der Waals surface area contributed by atoms with E-state index >= 15 is 0 Å². The highest BCUT2D eigenvalue weighted by molar-refractivity contribution is 5.66. The first-order valence-corrected chi connectivity index (χ1v) is 11.0. The lowest BCUT2D eigenvalue weighted by molar-refractivity contribution is -0.137. The smallest absolute Gasteiger partial charge is 0.482 e. The Balaban J connectivity index is 1.74. The van der Waals surface area contributed by atoms with Crippen molar-refractivity contribution in [3.8, 4) is 17.1 Å². The number of aliphatic carboxylic acids is 1. The first-order chi connectivity index (χ1) is 16.1. The van der Waals surface area contributed by atoms with E-state index < -0.39 is 12.3 Å². The highest BCUT2D eigenvalue weighted by atomic mass is 19.4. The summed E-state index contributed by atoms with van der Waals surface area (Å²) >= 11 is 0. The molecule has 0 bridgehead atoms. The zero-order valence-electron chi connectivity index (χ0n) is 19.2. The maximum atomic E-state index is 12.6. The average Bonchev–Trinajstić information content (AvgIpc) is 3.11. The fourth-order valence-electron chi connectivity index (χ4n) is 3.64. The number of carbonyl (C=O) groups is 1. The number of unbranched alkanes of at least 4 members (excludes halogenated alkanes) is 2. The number of carboxylic acid groups (broad SMARTS) is 1. The summed E-state index contributed by atoms with van der Waals surface area (Å²) in [6.45, 7) is 4.89. The summed E-state index contributed by atoms with van der Waals surface area (Å²) in [6.07, 6.45) is -0.448. The topological polar surface area (TPSA) is 76.4 Å². The van der Waals surface area contributed by atoms with Gasteiger partial charge in [0.2, 0.25) is 0 Å². The van der Waals surface area contributed by atoms with Gasteiger partial charge in [0.15, 0.2) is 0 Å². The van der Waals surface area contributed by atoms with Gasteiger partial charge in [-0.1, -0.05) is 17.7 Å². The fraction of sp³-hybridized carbons (Fsp3) is 0.360. The molecule has 9 heteroatoms. The molecule has 0 spiro atoms. The molecule has 2 aromatic carbocycles. The molecule has 0 aliphatic rings. The van der Waals surface area contributed by atoms with Gasteiger partial charge < -0.3 is 14.4 Å². The number of nitrogens with one attached hydrogen (secondary N) is 1. The number of aryl methyl sites for hydroxylation is 2. The maximum absolute atomic E-state index is 12.6. The second-order valence-electron chi connectivity index (χ2n) is 8.17. The number of imidazole rings is 1. The summed E-state index contributed by atoms with van der Waals surface area (Å²) in [5.41, 5.74) is 3.61. The van der Waals surface area contributed by atoms with Gasteiger partial charge in [0.05, 0.1) is 13.2 Å². The lowest BCUT2D eigenvalue weighted by Crippen LogP contribution is -2.20. The van der Waals surface area contributed by atoms with Crippen LogP contribution >= 0.6 is 0 Å². The minimum absolute atomic E-state index is 0.0381. The van der Waals surface area contributed by atoms with E-state index in [1.165, 1.54) is 17.4 Å². The fourth-order valence-corrected chi connectivity index (χ4v) is 3.64. The number of rotatable bonds is 11. The molecule has 2 N–H and O–H groups in total. The summed E-state index contributed by atoms with van der Waals surface area (Å²) in [4.78, 5) is 15.1. The van der Waals surface area contributed by atoms with Crippen LogP contribution in [0.2, 0.25) is 0 Å². The minimum Gasteiger partial charge on any atom is -0.493 e. The molecule has 0 amide bonds. The minimum atomic E-state index is -4.49. The Labute approximate surface area is 196 Å². The molecule has 0 saturated carbocycles. The van der Waals surface area contributed by atoms with Gasteiger partial charge in [0.1, 0.15) is 11.6 Å². The Morgan fingerprint density at radius 1 is 1.09 bits per heavy atom. The van der Waals surface area contributed by atoms with E-state index in [-0.39, 0.29) is 12.1 Å².